The van der Waals surface area contributed by atoms with Crippen LogP contribution in [-0.4, -0.2) is 30.8 Å². The van der Waals surface area contributed by atoms with E-state index in [9.17, 15) is 4.39 Å². The largest absolute Gasteiger partial charge is 0.477 e. The highest BCUT2D eigenvalue weighted by Crippen LogP contribution is 2.18. The van der Waals surface area contributed by atoms with Crippen molar-refractivity contribution in [3.63, 3.8) is 0 Å². The standard InChI is InChI=1S/C16H27FN2O2/c1-12(2)9-18-10-13-8-14(17)11-19-15(13)21-7-6-16(3,4)20-5/h8,11-12,18H,6-7,9-10H2,1-5H3. The summed E-state index contributed by atoms with van der Waals surface area (Å²) in [6.07, 6.45) is 1.92. The number of rotatable bonds is 9. The van der Waals surface area contributed by atoms with E-state index in [4.69, 9.17) is 9.47 Å². The summed E-state index contributed by atoms with van der Waals surface area (Å²) in [7, 11) is 1.68. The van der Waals surface area contributed by atoms with Crippen LogP contribution in [-0.2, 0) is 11.3 Å². The van der Waals surface area contributed by atoms with Crippen LogP contribution in [0.3, 0.4) is 0 Å². The molecule has 5 heteroatoms. The van der Waals surface area contributed by atoms with Crippen molar-refractivity contribution < 1.29 is 13.9 Å². The minimum absolute atomic E-state index is 0.240. The molecule has 0 spiro atoms. The normalized spacial score (nSPS) is 12.0. The van der Waals surface area contributed by atoms with Gasteiger partial charge in [0.1, 0.15) is 5.82 Å². The quantitative estimate of drug-likeness (QED) is 0.760. The average molecular weight is 298 g/mol. The van der Waals surface area contributed by atoms with Gasteiger partial charge in [0.25, 0.3) is 0 Å². The maximum atomic E-state index is 13.3. The van der Waals surface area contributed by atoms with Gasteiger partial charge in [0, 0.05) is 25.6 Å². The second-order valence-electron chi connectivity index (χ2n) is 6.20. The van der Waals surface area contributed by atoms with E-state index in [1.807, 2.05) is 13.8 Å². The second kappa shape index (κ2) is 8.29. The number of ether oxygens (including phenoxy) is 2. The molecule has 1 rings (SSSR count). The van der Waals surface area contributed by atoms with E-state index < -0.39 is 0 Å². The Balaban J connectivity index is 2.60. The molecule has 1 heterocycles. The van der Waals surface area contributed by atoms with Gasteiger partial charge in [0.2, 0.25) is 5.88 Å². The first-order valence-corrected chi connectivity index (χ1v) is 7.37. The van der Waals surface area contributed by atoms with E-state index in [1.54, 1.807) is 7.11 Å². The lowest BCUT2D eigenvalue weighted by Gasteiger charge is -2.22. The van der Waals surface area contributed by atoms with Gasteiger partial charge in [-0.05, 0) is 32.4 Å². The summed E-state index contributed by atoms with van der Waals surface area (Å²) in [5.74, 6) is 0.680. The molecule has 1 aromatic rings. The Bertz CT molecular complexity index is 436. The van der Waals surface area contributed by atoms with Crippen LogP contribution in [0.5, 0.6) is 5.88 Å². The zero-order valence-electron chi connectivity index (χ0n) is 13.7. The molecule has 1 N–H and O–H groups in total. The molecule has 0 amide bonds. The smallest absolute Gasteiger partial charge is 0.218 e. The molecular weight excluding hydrogens is 271 g/mol. The van der Waals surface area contributed by atoms with Crippen LogP contribution in [0.25, 0.3) is 0 Å². The molecule has 0 bridgehead atoms. The molecule has 0 radical (unpaired) electrons. The third-order valence-corrected chi connectivity index (χ3v) is 3.26. The van der Waals surface area contributed by atoms with Gasteiger partial charge in [-0.25, -0.2) is 9.37 Å². The van der Waals surface area contributed by atoms with Gasteiger partial charge in [0.05, 0.1) is 18.4 Å². The second-order valence-corrected chi connectivity index (χ2v) is 6.20. The predicted molar refractivity (Wildman–Crippen MR) is 81.9 cm³/mol. The van der Waals surface area contributed by atoms with Crippen molar-refractivity contribution in [1.82, 2.24) is 10.3 Å². The molecule has 0 aliphatic rings. The van der Waals surface area contributed by atoms with Crippen LogP contribution in [0.2, 0.25) is 0 Å². The SMILES string of the molecule is COC(C)(C)CCOc1ncc(F)cc1CNCC(C)C. The Hall–Kier alpha value is -1.20. The van der Waals surface area contributed by atoms with E-state index in [-0.39, 0.29) is 11.4 Å². The molecular formula is C16H27FN2O2. The zero-order valence-corrected chi connectivity index (χ0v) is 13.7. The van der Waals surface area contributed by atoms with E-state index in [0.29, 0.717) is 24.9 Å². The van der Waals surface area contributed by atoms with Crippen LogP contribution in [0.4, 0.5) is 4.39 Å². The molecule has 0 fully saturated rings. The fourth-order valence-electron chi connectivity index (χ4n) is 1.72. The third-order valence-electron chi connectivity index (χ3n) is 3.26. The lowest BCUT2D eigenvalue weighted by Crippen LogP contribution is -2.25. The number of methoxy groups -OCH3 is 1. The van der Waals surface area contributed by atoms with Gasteiger partial charge in [0.15, 0.2) is 0 Å². The molecule has 21 heavy (non-hydrogen) atoms. The molecule has 0 atom stereocenters. The van der Waals surface area contributed by atoms with Crippen molar-refractivity contribution in [2.75, 3.05) is 20.3 Å². The summed E-state index contributed by atoms with van der Waals surface area (Å²) in [6.45, 7) is 10.1. The molecule has 0 unspecified atom stereocenters. The lowest BCUT2D eigenvalue weighted by molar-refractivity contribution is 0.00497. The molecule has 1 aromatic heterocycles. The lowest BCUT2D eigenvalue weighted by atomic mass is 10.1. The molecule has 0 saturated heterocycles. The number of hydrogen-bond donors (Lipinski definition) is 1. The first-order valence-electron chi connectivity index (χ1n) is 7.37. The van der Waals surface area contributed by atoms with Crippen molar-refractivity contribution in [1.29, 1.82) is 0 Å². The van der Waals surface area contributed by atoms with Crippen LogP contribution < -0.4 is 10.1 Å². The molecule has 0 aliphatic carbocycles. The fourth-order valence-corrected chi connectivity index (χ4v) is 1.72. The van der Waals surface area contributed by atoms with Crippen LogP contribution in [0.1, 0.15) is 39.7 Å². The Labute approximate surface area is 127 Å². The van der Waals surface area contributed by atoms with E-state index >= 15 is 0 Å². The van der Waals surface area contributed by atoms with Gasteiger partial charge in [-0.3, -0.25) is 0 Å². The monoisotopic (exact) mass is 298 g/mol. The Morgan fingerprint density at radius 3 is 2.71 bits per heavy atom. The maximum absolute atomic E-state index is 13.3. The van der Waals surface area contributed by atoms with Crippen LogP contribution >= 0.6 is 0 Å². The number of aromatic nitrogens is 1. The fraction of sp³-hybridized carbons (Fsp3) is 0.688. The van der Waals surface area contributed by atoms with Gasteiger partial charge in [-0.2, -0.15) is 0 Å². The van der Waals surface area contributed by atoms with Crippen molar-refractivity contribution in [3.05, 3.63) is 23.6 Å². The summed E-state index contributed by atoms with van der Waals surface area (Å²) in [5, 5.41) is 3.28. The molecule has 4 nitrogen and oxygen atoms in total. The zero-order chi connectivity index (χ0) is 15.9. The van der Waals surface area contributed by atoms with Gasteiger partial charge < -0.3 is 14.8 Å². The number of hydrogen-bond acceptors (Lipinski definition) is 4. The summed E-state index contributed by atoms with van der Waals surface area (Å²) in [4.78, 5) is 4.04. The average Bonchev–Trinajstić information content (AvgIpc) is 2.40. The highest BCUT2D eigenvalue weighted by molar-refractivity contribution is 5.26. The van der Waals surface area contributed by atoms with Gasteiger partial charge in [-0.1, -0.05) is 13.8 Å². The molecule has 0 saturated carbocycles. The van der Waals surface area contributed by atoms with Crippen molar-refractivity contribution >= 4 is 0 Å². The van der Waals surface area contributed by atoms with Crippen molar-refractivity contribution in [2.24, 2.45) is 5.92 Å². The number of nitrogens with zero attached hydrogens (tertiary/aromatic N) is 1. The molecule has 0 aromatic carbocycles. The Morgan fingerprint density at radius 1 is 1.38 bits per heavy atom. The van der Waals surface area contributed by atoms with E-state index in [0.717, 1.165) is 18.5 Å². The summed E-state index contributed by atoms with van der Waals surface area (Å²) >= 11 is 0. The molecule has 120 valence electrons. The van der Waals surface area contributed by atoms with E-state index in [1.165, 1.54) is 12.3 Å². The number of halogens is 1. The van der Waals surface area contributed by atoms with Crippen molar-refractivity contribution in [2.45, 2.75) is 46.3 Å². The Morgan fingerprint density at radius 2 is 2.10 bits per heavy atom. The van der Waals surface area contributed by atoms with E-state index in [2.05, 4.69) is 24.1 Å². The first-order chi connectivity index (χ1) is 9.84. The van der Waals surface area contributed by atoms with Crippen LogP contribution in [0.15, 0.2) is 12.3 Å². The Kier molecular flexibility index (Phi) is 7.05. The summed E-state index contributed by atoms with van der Waals surface area (Å²) < 4.78 is 24.4. The highest BCUT2D eigenvalue weighted by atomic mass is 19.1. The third kappa shape index (κ3) is 6.87. The minimum atomic E-state index is -0.346. The van der Waals surface area contributed by atoms with Gasteiger partial charge >= 0.3 is 0 Å². The highest BCUT2D eigenvalue weighted by Gasteiger charge is 2.17. The van der Waals surface area contributed by atoms with Crippen LogP contribution in [0, 0.1) is 11.7 Å². The minimum Gasteiger partial charge on any atom is -0.477 e. The first kappa shape index (κ1) is 17.9. The summed E-state index contributed by atoms with van der Waals surface area (Å²) in [5.41, 5.74) is 0.502. The van der Waals surface area contributed by atoms with Gasteiger partial charge in [-0.15, -0.1) is 0 Å². The number of nitrogens with one attached hydrogen (secondary N) is 1. The van der Waals surface area contributed by atoms with Crippen molar-refractivity contribution in [3.8, 4) is 5.88 Å². The topological polar surface area (TPSA) is 43.4 Å². The number of pyridine rings is 1. The summed E-state index contributed by atoms with van der Waals surface area (Å²) in [6, 6.07) is 1.47. The molecule has 0 aliphatic heterocycles. The predicted octanol–water partition coefficient (Wildman–Crippen LogP) is 3.16. The maximum Gasteiger partial charge on any atom is 0.218 e.